The van der Waals surface area contributed by atoms with E-state index in [1.165, 1.54) is 17.0 Å². The molecule has 4 rings (SSSR count). The highest BCUT2D eigenvalue weighted by molar-refractivity contribution is 7.15. The van der Waals surface area contributed by atoms with Crippen LogP contribution in [0.15, 0.2) is 48.5 Å². The summed E-state index contributed by atoms with van der Waals surface area (Å²) in [7, 11) is 0. The SMILES string of the molecule is CCc1sc(N2[C@H](C#N)[C@H](c3ccccc3-c3cccc(F)c3)[C@H]2CO)nc1C. The van der Waals surface area contributed by atoms with Crippen LogP contribution < -0.4 is 4.90 Å². The van der Waals surface area contributed by atoms with Gasteiger partial charge in [-0.25, -0.2) is 9.37 Å². The van der Waals surface area contributed by atoms with Gasteiger partial charge in [-0.15, -0.1) is 11.3 Å². The van der Waals surface area contributed by atoms with Crippen LogP contribution in [0.4, 0.5) is 9.52 Å². The van der Waals surface area contributed by atoms with Crippen LogP contribution in [0, 0.1) is 24.1 Å². The van der Waals surface area contributed by atoms with E-state index in [2.05, 4.69) is 18.0 Å². The van der Waals surface area contributed by atoms with Gasteiger partial charge in [0.2, 0.25) is 0 Å². The molecule has 2 aromatic carbocycles. The number of hydrogen-bond acceptors (Lipinski definition) is 5. The maximum absolute atomic E-state index is 13.8. The molecule has 4 nitrogen and oxygen atoms in total. The number of benzene rings is 2. The van der Waals surface area contributed by atoms with Gasteiger partial charge < -0.3 is 10.0 Å². The zero-order valence-corrected chi connectivity index (χ0v) is 17.2. The number of rotatable bonds is 5. The Labute approximate surface area is 173 Å². The van der Waals surface area contributed by atoms with Gasteiger partial charge in [0, 0.05) is 10.8 Å². The van der Waals surface area contributed by atoms with Crippen molar-refractivity contribution in [1.29, 1.82) is 5.26 Å². The summed E-state index contributed by atoms with van der Waals surface area (Å²) in [5.41, 5.74) is 3.58. The summed E-state index contributed by atoms with van der Waals surface area (Å²) in [4.78, 5) is 7.78. The van der Waals surface area contributed by atoms with Gasteiger partial charge >= 0.3 is 0 Å². The predicted octanol–water partition coefficient (Wildman–Crippen LogP) is 4.68. The van der Waals surface area contributed by atoms with Crippen LogP contribution in [-0.4, -0.2) is 28.8 Å². The number of aliphatic hydroxyl groups excluding tert-OH is 1. The second kappa shape index (κ2) is 7.94. The highest BCUT2D eigenvalue weighted by atomic mass is 32.1. The maximum atomic E-state index is 13.8. The molecule has 148 valence electrons. The molecule has 0 unspecified atom stereocenters. The standard InChI is InChI=1S/C23H22FN3OS/c1-3-21-14(2)26-23(29-21)27-19(12-25)22(20(27)13-28)18-10-5-4-9-17(18)15-7-6-8-16(24)11-15/h4-11,19-20,22,28H,3,13H2,1-2H3/t19-,20-,22+/m1/s1. The van der Waals surface area contributed by atoms with E-state index in [1.54, 1.807) is 17.4 Å². The van der Waals surface area contributed by atoms with Gasteiger partial charge in [-0.2, -0.15) is 5.26 Å². The second-order valence-corrected chi connectivity index (χ2v) is 8.28. The van der Waals surface area contributed by atoms with Crippen LogP contribution in [-0.2, 0) is 6.42 Å². The van der Waals surface area contributed by atoms with Crippen molar-refractivity contribution in [1.82, 2.24) is 4.98 Å². The van der Waals surface area contributed by atoms with Gasteiger partial charge in [-0.1, -0.05) is 43.3 Å². The molecule has 0 amide bonds. The minimum absolute atomic E-state index is 0.0829. The van der Waals surface area contributed by atoms with E-state index in [4.69, 9.17) is 0 Å². The molecule has 1 aliphatic heterocycles. The van der Waals surface area contributed by atoms with Crippen LogP contribution in [0.5, 0.6) is 0 Å². The van der Waals surface area contributed by atoms with Crippen molar-refractivity contribution in [2.75, 3.05) is 11.5 Å². The Morgan fingerprint density at radius 1 is 1.24 bits per heavy atom. The number of hydrogen-bond donors (Lipinski definition) is 1. The average molecular weight is 408 g/mol. The van der Waals surface area contributed by atoms with E-state index in [0.29, 0.717) is 0 Å². The number of nitriles is 1. The first-order valence-electron chi connectivity index (χ1n) is 9.69. The molecule has 3 atom stereocenters. The Balaban J connectivity index is 1.75. The highest BCUT2D eigenvalue weighted by Gasteiger charge is 2.51. The Hall–Kier alpha value is -2.75. The molecule has 6 heteroatoms. The number of aryl methyl sites for hydroxylation is 2. The van der Waals surface area contributed by atoms with Crippen molar-refractivity contribution in [3.63, 3.8) is 0 Å². The topological polar surface area (TPSA) is 60.2 Å². The molecular formula is C23H22FN3OS. The van der Waals surface area contributed by atoms with E-state index in [-0.39, 0.29) is 24.4 Å². The number of halogens is 1. The normalized spacial score (nSPS) is 20.9. The fourth-order valence-corrected chi connectivity index (χ4v) is 5.30. The Kier molecular flexibility index (Phi) is 5.35. The van der Waals surface area contributed by atoms with E-state index in [9.17, 15) is 14.8 Å². The largest absolute Gasteiger partial charge is 0.394 e. The Morgan fingerprint density at radius 2 is 2.03 bits per heavy atom. The molecule has 0 radical (unpaired) electrons. The summed E-state index contributed by atoms with van der Waals surface area (Å²) in [6.45, 7) is 3.98. The summed E-state index contributed by atoms with van der Waals surface area (Å²) < 4.78 is 13.8. The van der Waals surface area contributed by atoms with Gasteiger partial charge in [0.25, 0.3) is 0 Å². The molecule has 1 saturated heterocycles. The molecule has 0 bridgehead atoms. The molecular weight excluding hydrogens is 385 g/mol. The molecule has 1 aliphatic rings. The molecule has 1 fully saturated rings. The lowest BCUT2D eigenvalue weighted by atomic mass is 9.74. The first-order chi connectivity index (χ1) is 14.1. The first kappa shape index (κ1) is 19.6. The van der Waals surface area contributed by atoms with Crippen LogP contribution in [0.1, 0.15) is 29.0 Å². The summed E-state index contributed by atoms with van der Waals surface area (Å²) >= 11 is 1.58. The lowest BCUT2D eigenvalue weighted by molar-refractivity contribution is 0.188. The van der Waals surface area contributed by atoms with E-state index < -0.39 is 6.04 Å². The van der Waals surface area contributed by atoms with Gasteiger partial charge in [-0.3, -0.25) is 0 Å². The highest BCUT2D eigenvalue weighted by Crippen LogP contribution is 2.47. The molecule has 1 aromatic heterocycles. The van der Waals surface area contributed by atoms with Crippen molar-refractivity contribution in [3.8, 4) is 17.2 Å². The van der Waals surface area contributed by atoms with Crippen LogP contribution in [0.2, 0.25) is 0 Å². The monoisotopic (exact) mass is 407 g/mol. The van der Waals surface area contributed by atoms with Crippen molar-refractivity contribution in [3.05, 3.63) is 70.5 Å². The Morgan fingerprint density at radius 3 is 2.69 bits per heavy atom. The van der Waals surface area contributed by atoms with E-state index in [0.717, 1.165) is 33.9 Å². The van der Waals surface area contributed by atoms with Crippen LogP contribution in [0.3, 0.4) is 0 Å². The lowest BCUT2D eigenvalue weighted by Crippen LogP contribution is -2.63. The van der Waals surface area contributed by atoms with E-state index in [1.807, 2.05) is 42.2 Å². The van der Waals surface area contributed by atoms with Gasteiger partial charge in [0.05, 0.1) is 24.4 Å². The maximum Gasteiger partial charge on any atom is 0.187 e. The summed E-state index contributed by atoms with van der Waals surface area (Å²) in [5.74, 6) is -0.479. The van der Waals surface area contributed by atoms with Crippen LogP contribution >= 0.6 is 11.3 Å². The lowest BCUT2D eigenvalue weighted by Gasteiger charge is -2.52. The van der Waals surface area contributed by atoms with Gasteiger partial charge in [0.15, 0.2) is 5.13 Å². The molecule has 0 saturated carbocycles. The van der Waals surface area contributed by atoms with Gasteiger partial charge in [-0.05, 0) is 42.2 Å². The van der Waals surface area contributed by atoms with Crippen LogP contribution in [0.25, 0.3) is 11.1 Å². The van der Waals surface area contributed by atoms with Crippen molar-refractivity contribution >= 4 is 16.5 Å². The molecule has 29 heavy (non-hydrogen) atoms. The third kappa shape index (κ3) is 3.31. The molecule has 0 aliphatic carbocycles. The summed E-state index contributed by atoms with van der Waals surface area (Å²) in [6, 6.07) is 15.9. The van der Waals surface area contributed by atoms with Gasteiger partial charge in [0.1, 0.15) is 11.9 Å². The minimum atomic E-state index is -0.433. The number of thiazole rings is 1. The zero-order chi connectivity index (χ0) is 20.5. The fourth-order valence-electron chi connectivity index (χ4n) is 4.20. The van der Waals surface area contributed by atoms with Crippen molar-refractivity contribution in [2.24, 2.45) is 0 Å². The second-order valence-electron chi connectivity index (χ2n) is 7.21. The average Bonchev–Trinajstić information content (AvgIpc) is 3.08. The smallest absolute Gasteiger partial charge is 0.187 e. The van der Waals surface area contributed by atoms with E-state index >= 15 is 0 Å². The zero-order valence-electron chi connectivity index (χ0n) is 16.3. The third-order valence-electron chi connectivity index (χ3n) is 5.61. The first-order valence-corrected chi connectivity index (χ1v) is 10.5. The number of anilines is 1. The van der Waals surface area contributed by atoms with Crippen molar-refractivity contribution in [2.45, 2.75) is 38.3 Å². The third-order valence-corrected chi connectivity index (χ3v) is 6.93. The van der Waals surface area contributed by atoms with Crippen molar-refractivity contribution < 1.29 is 9.50 Å². The fraction of sp³-hybridized carbons (Fsp3) is 0.304. The molecule has 0 spiro atoms. The minimum Gasteiger partial charge on any atom is -0.394 e. The number of aromatic nitrogens is 1. The predicted molar refractivity (Wildman–Crippen MR) is 114 cm³/mol. The summed E-state index contributed by atoms with van der Waals surface area (Å²) in [6.07, 6.45) is 0.893. The molecule has 3 aromatic rings. The summed E-state index contributed by atoms with van der Waals surface area (Å²) in [5, 5.41) is 20.9. The number of aliphatic hydroxyl groups is 1. The Bertz CT molecular complexity index is 1070. The number of nitrogens with zero attached hydrogens (tertiary/aromatic N) is 3. The molecule has 2 heterocycles. The quantitative estimate of drug-likeness (QED) is 0.667. The molecule has 1 N–H and O–H groups in total.